The Labute approximate surface area is 98.6 Å². The van der Waals surface area contributed by atoms with Crippen LogP contribution in [0.4, 0.5) is 0 Å². The van der Waals surface area contributed by atoms with E-state index in [1.807, 2.05) is 6.07 Å². The smallest absolute Gasteiger partial charge is 0.127 e. The zero-order valence-electron chi connectivity index (χ0n) is 10.8. The van der Waals surface area contributed by atoms with Crippen LogP contribution < -0.4 is 14.5 Å². The molecule has 3 nitrogen and oxygen atoms in total. The van der Waals surface area contributed by atoms with Gasteiger partial charge in [-0.3, -0.25) is 0 Å². The summed E-state index contributed by atoms with van der Waals surface area (Å²) in [6.07, 6.45) is 0. The molecule has 0 bridgehead atoms. The van der Waals surface area contributed by atoms with Crippen LogP contribution in [0, 0.1) is 0 Å². The average molecular weight is 224 g/mol. The topological polar surface area (TPSA) is 18.1 Å². The van der Waals surface area contributed by atoms with E-state index in [9.17, 15) is 0 Å². The second-order valence-electron chi connectivity index (χ2n) is 4.69. The SMILES string of the molecule is COc1cccc(C[NH+](C)CC[NH+](C)C)c1. The van der Waals surface area contributed by atoms with Crippen LogP contribution in [0.5, 0.6) is 5.75 Å². The molecule has 0 aromatic heterocycles. The minimum atomic E-state index is 0.948. The Balaban J connectivity index is 2.45. The van der Waals surface area contributed by atoms with E-state index in [0.29, 0.717) is 0 Å². The summed E-state index contributed by atoms with van der Waals surface area (Å²) in [6.45, 7) is 3.46. The molecule has 0 amide bonds. The zero-order chi connectivity index (χ0) is 12.0. The molecule has 3 heteroatoms. The number of hydrogen-bond acceptors (Lipinski definition) is 1. The fraction of sp³-hybridized carbons (Fsp3) is 0.538. The summed E-state index contributed by atoms with van der Waals surface area (Å²) in [4.78, 5) is 3.04. The summed E-state index contributed by atoms with van der Waals surface area (Å²) in [5.74, 6) is 0.948. The van der Waals surface area contributed by atoms with Crippen molar-refractivity contribution in [2.75, 3.05) is 41.3 Å². The molecule has 1 unspecified atom stereocenters. The summed E-state index contributed by atoms with van der Waals surface area (Å²) in [5, 5.41) is 0. The molecule has 0 aliphatic carbocycles. The molecule has 1 atom stereocenters. The maximum Gasteiger partial charge on any atom is 0.127 e. The van der Waals surface area contributed by atoms with Gasteiger partial charge in [0.2, 0.25) is 0 Å². The number of benzene rings is 1. The van der Waals surface area contributed by atoms with Gasteiger partial charge in [0, 0.05) is 5.56 Å². The van der Waals surface area contributed by atoms with E-state index in [2.05, 4.69) is 39.3 Å². The van der Waals surface area contributed by atoms with Crippen LogP contribution in [0.25, 0.3) is 0 Å². The number of hydrogen-bond donors (Lipinski definition) is 2. The highest BCUT2D eigenvalue weighted by Crippen LogP contribution is 2.11. The van der Waals surface area contributed by atoms with E-state index in [-0.39, 0.29) is 0 Å². The quantitative estimate of drug-likeness (QED) is 0.625. The molecule has 90 valence electrons. The monoisotopic (exact) mass is 224 g/mol. The van der Waals surface area contributed by atoms with Crippen molar-refractivity contribution in [3.05, 3.63) is 29.8 Å². The average Bonchev–Trinajstić information content (AvgIpc) is 2.26. The van der Waals surface area contributed by atoms with E-state index < -0.39 is 0 Å². The molecule has 1 aromatic carbocycles. The van der Waals surface area contributed by atoms with Crippen molar-refractivity contribution in [2.24, 2.45) is 0 Å². The summed E-state index contributed by atoms with van der Waals surface area (Å²) in [7, 11) is 8.34. The van der Waals surface area contributed by atoms with Gasteiger partial charge in [-0.05, 0) is 12.1 Å². The number of quaternary nitrogens is 2. The number of rotatable bonds is 6. The van der Waals surface area contributed by atoms with E-state index in [1.54, 1.807) is 7.11 Å². The first-order valence-electron chi connectivity index (χ1n) is 5.85. The number of methoxy groups -OCH3 is 1. The molecule has 0 radical (unpaired) electrons. The molecule has 0 fully saturated rings. The lowest BCUT2D eigenvalue weighted by molar-refractivity contribution is -0.937. The highest BCUT2D eigenvalue weighted by molar-refractivity contribution is 5.27. The molecule has 0 aliphatic rings. The second-order valence-corrected chi connectivity index (χ2v) is 4.69. The molecule has 2 N–H and O–H groups in total. The van der Waals surface area contributed by atoms with Crippen LogP contribution in [-0.4, -0.2) is 41.3 Å². The van der Waals surface area contributed by atoms with Crippen LogP contribution >= 0.6 is 0 Å². The lowest BCUT2D eigenvalue weighted by Crippen LogP contribution is -3.15. The van der Waals surface area contributed by atoms with Gasteiger partial charge in [-0.1, -0.05) is 12.1 Å². The van der Waals surface area contributed by atoms with Gasteiger partial charge < -0.3 is 14.5 Å². The summed E-state index contributed by atoms with van der Waals surface area (Å²) in [6, 6.07) is 8.32. The molecule has 0 spiro atoms. The highest BCUT2D eigenvalue weighted by Gasteiger charge is 2.06. The Hall–Kier alpha value is -1.06. The first-order valence-corrected chi connectivity index (χ1v) is 5.85. The van der Waals surface area contributed by atoms with Crippen LogP contribution in [0.2, 0.25) is 0 Å². The molecule has 1 rings (SSSR count). The number of nitrogens with one attached hydrogen (secondary N) is 2. The third kappa shape index (κ3) is 4.64. The Morgan fingerprint density at radius 3 is 2.50 bits per heavy atom. The molecule has 0 aliphatic heterocycles. The molecule has 0 saturated carbocycles. The fourth-order valence-corrected chi connectivity index (χ4v) is 1.68. The maximum atomic E-state index is 5.22. The molecule has 1 aromatic rings. The van der Waals surface area contributed by atoms with Crippen molar-refractivity contribution in [3.63, 3.8) is 0 Å². The van der Waals surface area contributed by atoms with Crippen molar-refractivity contribution >= 4 is 0 Å². The van der Waals surface area contributed by atoms with E-state index >= 15 is 0 Å². The fourth-order valence-electron chi connectivity index (χ4n) is 1.68. The van der Waals surface area contributed by atoms with E-state index in [4.69, 9.17) is 4.74 Å². The van der Waals surface area contributed by atoms with Crippen molar-refractivity contribution in [2.45, 2.75) is 6.54 Å². The van der Waals surface area contributed by atoms with Crippen LogP contribution in [0.3, 0.4) is 0 Å². The minimum absolute atomic E-state index is 0.948. The van der Waals surface area contributed by atoms with Gasteiger partial charge in [0.15, 0.2) is 0 Å². The lowest BCUT2D eigenvalue weighted by atomic mass is 10.2. The molecule has 0 heterocycles. The normalized spacial score (nSPS) is 12.8. The maximum absolute atomic E-state index is 5.22. The van der Waals surface area contributed by atoms with Gasteiger partial charge in [-0.2, -0.15) is 0 Å². The van der Waals surface area contributed by atoms with Gasteiger partial charge in [0.05, 0.1) is 28.3 Å². The van der Waals surface area contributed by atoms with Gasteiger partial charge in [-0.15, -0.1) is 0 Å². The highest BCUT2D eigenvalue weighted by atomic mass is 16.5. The summed E-state index contributed by atoms with van der Waals surface area (Å²) < 4.78 is 5.22. The molecular formula is C13H24N2O+2. The van der Waals surface area contributed by atoms with Crippen molar-refractivity contribution in [1.82, 2.24) is 0 Å². The molecule has 16 heavy (non-hydrogen) atoms. The second kappa shape index (κ2) is 6.51. The zero-order valence-corrected chi connectivity index (χ0v) is 10.8. The lowest BCUT2D eigenvalue weighted by Gasteiger charge is -2.15. The Bertz CT molecular complexity index is 313. The van der Waals surface area contributed by atoms with Crippen molar-refractivity contribution in [3.8, 4) is 5.75 Å². The van der Waals surface area contributed by atoms with Crippen LogP contribution in [0.15, 0.2) is 24.3 Å². The van der Waals surface area contributed by atoms with Crippen molar-refractivity contribution < 1.29 is 14.5 Å². The van der Waals surface area contributed by atoms with Crippen LogP contribution in [0.1, 0.15) is 5.56 Å². The Morgan fingerprint density at radius 1 is 1.12 bits per heavy atom. The van der Waals surface area contributed by atoms with Crippen molar-refractivity contribution in [1.29, 1.82) is 0 Å². The Kier molecular flexibility index (Phi) is 5.29. The number of likely N-dealkylation sites (N-methyl/N-ethyl adjacent to an activating group) is 2. The standard InChI is InChI=1S/C13H22N2O/c1-14(2)8-9-15(3)11-12-6-5-7-13(10-12)16-4/h5-7,10H,8-9,11H2,1-4H3/p+2. The molecule has 0 saturated heterocycles. The largest absolute Gasteiger partial charge is 0.497 e. The van der Waals surface area contributed by atoms with E-state index in [1.165, 1.54) is 28.5 Å². The third-order valence-corrected chi connectivity index (χ3v) is 2.69. The predicted molar refractivity (Wildman–Crippen MR) is 66.1 cm³/mol. The van der Waals surface area contributed by atoms with Gasteiger partial charge in [-0.25, -0.2) is 0 Å². The van der Waals surface area contributed by atoms with Gasteiger partial charge in [0.1, 0.15) is 25.4 Å². The Morgan fingerprint density at radius 2 is 1.88 bits per heavy atom. The first kappa shape index (κ1) is 13.0. The minimum Gasteiger partial charge on any atom is -0.497 e. The van der Waals surface area contributed by atoms with E-state index in [0.717, 1.165) is 12.3 Å². The predicted octanol–water partition coefficient (Wildman–Crippen LogP) is -1.15. The van der Waals surface area contributed by atoms with Gasteiger partial charge >= 0.3 is 0 Å². The summed E-state index contributed by atoms with van der Waals surface area (Å²) in [5.41, 5.74) is 1.34. The first-order chi connectivity index (χ1) is 7.61. The number of ether oxygens (including phenoxy) is 1. The van der Waals surface area contributed by atoms with Crippen LogP contribution in [-0.2, 0) is 6.54 Å². The summed E-state index contributed by atoms with van der Waals surface area (Å²) >= 11 is 0. The third-order valence-electron chi connectivity index (χ3n) is 2.69. The molecular weight excluding hydrogens is 200 g/mol. The van der Waals surface area contributed by atoms with Gasteiger partial charge in [0.25, 0.3) is 0 Å².